The summed E-state index contributed by atoms with van der Waals surface area (Å²) < 4.78 is 44.6. The number of hydrogen-bond donors (Lipinski definition) is 1. The van der Waals surface area contributed by atoms with Crippen molar-refractivity contribution in [1.82, 2.24) is 15.4 Å². The monoisotopic (exact) mass is 423 g/mol. The Morgan fingerprint density at radius 2 is 1.80 bits per heavy atom. The van der Waals surface area contributed by atoms with E-state index >= 15 is 0 Å². The number of benzene rings is 1. The summed E-state index contributed by atoms with van der Waals surface area (Å²) in [4.78, 5) is 15.4. The van der Waals surface area contributed by atoms with Crippen molar-refractivity contribution in [2.75, 3.05) is 7.05 Å². The van der Waals surface area contributed by atoms with Crippen molar-refractivity contribution in [3.05, 3.63) is 41.1 Å². The third-order valence-corrected chi connectivity index (χ3v) is 6.18. The molecule has 1 aliphatic heterocycles. The average Bonchev–Trinajstić information content (AvgIpc) is 3.00. The van der Waals surface area contributed by atoms with E-state index in [1.807, 2.05) is 0 Å². The van der Waals surface area contributed by atoms with Crippen LogP contribution >= 0.6 is 0 Å². The summed E-state index contributed by atoms with van der Waals surface area (Å²) in [5, 5.41) is 6.90. The first-order valence-corrected chi connectivity index (χ1v) is 9.91. The molecule has 1 aromatic carbocycles. The van der Waals surface area contributed by atoms with Gasteiger partial charge in [-0.2, -0.15) is 13.2 Å². The molecule has 0 unspecified atom stereocenters. The van der Waals surface area contributed by atoms with E-state index in [9.17, 15) is 18.0 Å². The Kier molecular flexibility index (Phi) is 5.52. The zero-order valence-electron chi connectivity index (χ0n) is 18.1. The Balaban J connectivity index is 1.90. The van der Waals surface area contributed by atoms with E-state index in [0.29, 0.717) is 5.69 Å². The molecule has 5 nitrogen and oxygen atoms in total. The van der Waals surface area contributed by atoms with Crippen LogP contribution in [0.5, 0.6) is 0 Å². The lowest BCUT2D eigenvalue weighted by Crippen LogP contribution is -2.62. The zero-order chi connectivity index (χ0) is 22.5. The lowest BCUT2D eigenvalue weighted by atomic mass is 9.77. The third-order valence-electron chi connectivity index (χ3n) is 6.18. The van der Waals surface area contributed by atoms with E-state index in [1.165, 1.54) is 12.1 Å². The summed E-state index contributed by atoms with van der Waals surface area (Å²) in [7, 11) is 2.08. The Morgan fingerprint density at radius 1 is 1.20 bits per heavy atom. The molecule has 0 aliphatic carbocycles. The van der Waals surface area contributed by atoms with Crippen LogP contribution in [0.15, 0.2) is 28.8 Å². The topological polar surface area (TPSA) is 58.4 Å². The SMILES string of the molecule is Cc1noc(-c2cccc(C(F)(F)F)c2)c1C(=O)NC1CC(C)(C)N(C)C(C)(C)C1. The molecular weight excluding hydrogens is 395 g/mol. The summed E-state index contributed by atoms with van der Waals surface area (Å²) in [5.74, 6) is -0.343. The van der Waals surface area contributed by atoms with Crippen molar-refractivity contribution in [3.63, 3.8) is 0 Å². The third kappa shape index (κ3) is 4.24. The predicted octanol–water partition coefficient (Wildman–Crippen LogP) is 5.05. The van der Waals surface area contributed by atoms with Gasteiger partial charge in [-0.25, -0.2) is 0 Å². The number of halogens is 3. The molecule has 30 heavy (non-hydrogen) atoms. The molecule has 1 aliphatic rings. The molecule has 0 saturated carbocycles. The highest BCUT2D eigenvalue weighted by Crippen LogP contribution is 2.38. The number of piperidine rings is 1. The predicted molar refractivity (Wildman–Crippen MR) is 108 cm³/mol. The molecule has 0 bridgehead atoms. The van der Waals surface area contributed by atoms with Gasteiger partial charge in [0, 0.05) is 22.7 Å². The molecule has 1 fully saturated rings. The smallest absolute Gasteiger partial charge is 0.355 e. The normalized spacial score (nSPS) is 19.6. The van der Waals surface area contributed by atoms with Crippen LogP contribution in [0, 0.1) is 6.92 Å². The van der Waals surface area contributed by atoms with Crippen molar-refractivity contribution >= 4 is 5.91 Å². The minimum absolute atomic E-state index is 0.0440. The lowest BCUT2D eigenvalue weighted by Gasteiger charge is -2.53. The van der Waals surface area contributed by atoms with Gasteiger partial charge in [0.05, 0.1) is 11.3 Å². The molecule has 1 saturated heterocycles. The van der Waals surface area contributed by atoms with Crippen LogP contribution in [-0.2, 0) is 6.18 Å². The van der Waals surface area contributed by atoms with Gasteiger partial charge in [0.15, 0.2) is 5.76 Å². The van der Waals surface area contributed by atoms with E-state index in [0.717, 1.165) is 25.0 Å². The Morgan fingerprint density at radius 3 is 2.37 bits per heavy atom. The molecule has 1 aromatic heterocycles. The molecule has 0 radical (unpaired) electrons. The molecular formula is C22H28F3N3O2. The first kappa shape index (κ1) is 22.3. The van der Waals surface area contributed by atoms with Crippen LogP contribution in [0.3, 0.4) is 0 Å². The number of likely N-dealkylation sites (tertiary alicyclic amines) is 1. The van der Waals surface area contributed by atoms with Crippen LogP contribution in [0.25, 0.3) is 11.3 Å². The van der Waals surface area contributed by atoms with Crippen LogP contribution < -0.4 is 5.32 Å². The molecule has 8 heteroatoms. The van der Waals surface area contributed by atoms with Crippen LogP contribution in [-0.4, -0.2) is 40.1 Å². The highest BCUT2D eigenvalue weighted by Gasteiger charge is 2.43. The first-order valence-electron chi connectivity index (χ1n) is 9.91. The van der Waals surface area contributed by atoms with Gasteiger partial charge in [-0.1, -0.05) is 17.3 Å². The maximum Gasteiger partial charge on any atom is 0.416 e. The molecule has 1 N–H and O–H groups in total. The average molecular weight is 423 g/mol. The second-order valence-electron chi connectivity index (χ2n) is 9.31. The quantitative estimate of drug-likeness (QED) is 0.751. The van der Waals surface area contributed by atoms with Gasteiger partial charge in [0.2, 0.25) is 0 Å². The number of rotatable bonds is 3. The van der Waals surface area contributed by atoms with Crippen molar-refractivity contribution in [3.8, 4) is 11.3 Å². The summed E-state index contributed by atoms with van der Waals surface area (Å²) in [6.07, 6.45) is -2.98. The molecule has 2 heterocycles. The number of hydrogen-bond acceptors (Lipinski definition) is 4. The number of carbonyl (C=O) groups is 1. The fraction of sp³-hybridized carbons (Fsp3) is 0.545. The van der Waals surface area contributed by atoms with Gasteiger partial charge in [-0.05, 0) is 66.6 Å². The van der Waals surface area contributed by atoms with Crippen molar-refractivity contribution in [1.29, 1.82) is 0 Å². The van der Waals surface area contributed by atoms with E-state index < -0.39 is 11.7 Å². The highest BCUT2D eigenvalue weighted by atomic mass is 19.4. The molecule has 3 rings (SSSR count). The minimum Gasteiger partial charge on any atom is -0.355 e. The second kappa shape index (κ2) is 7.41. The number of carbonyl (C=O) groups excluding carboxylic acids is 1. The fourth-order valence-corrected chi connectivity index (χ4v) is 4.40. The first-order chi connectivity index (χ1) is 13.7. The maximum atomic E-state index is 13.1. The van der Waals surface area contributed by atoms with Crippen LogP contribution in [0.4, 0.5) is 13.2 Å². The summed E-state index contributed by atoms with van der Waals surface area (Å²) in [6.45, 7) is 10.1. The van der Waals surface area contributed by atoms with Crippen molar-refractivity contribution in [2.45, 2.75) is 70.8 Å². The molecule has 2 aromatic rings. The Labute approximate surface area is 174 Å². The minimum atomic E-state index is -4.49. The van der Waals surface area contributed by atoms with Gasteiger partial charge in [0.25, 0.3) is 5.91 Å². The number of aromatic nitrogens is 1. The molecule has 0 spiro atoms. The van der Waals surface area contributed by atoms with Gasteiger partial charge in [-0.15, -0.1) is 0 Å². The summed E-state index contributed by atoms with van der Waals surface area (Å²) in [5.41, 5.74) is -0.366. The summed E-state index contributed by atoms with van der Waals surface area (Å²) >= 11 is 0. The zero-order valence-corrected chi connectivity index (χ0v) is 18.1. The van der Waals surface area contributed by atoms with Crippen LogP contribution in [0.1, 0.15) is 62.2 Å². The van der Waals surface area contributed by atoms with E-state index in [-0.39, 0.29) is 39.9 Å². The fourth-order valence-electron chi connectivity index (χ4n) is 4.40. The molecule has 1 amide bonds. The largest absolute Gasteiger partial charge is 0.416 e. The number of nitrogens with zero attached hydrogens (tertiary/aromatic N) is 2. The van der Waals surface area contributed by atoms with Gasteiger partial charge in [0.1, 0.15) is 5.56 Å². The van der Waals surface area contributed by atoms with Gasteiger partial charge < -0.3 is 9.84 Å². The maximum absolute atomic E-state index is 13.1. The standard InChI is InChI=1S/C22H28F3N3O2/c1-13-17(18(30-27-13)14-8-7-9-15(10-14)22(23,24)25)19(29)26-16-11-20(2,3)28(6)21(4,5)12-16/h7-10,16H,11-12H2,1-6H3,(H,26,29). The van der Waals surface area contributed by atoms with Crippen molar-refractivity contribution in [2.24, 2.45) is 0 Å². The number of alkyl halides is 3. The molecule has 0 atom stereocenters. The highest BCUT2D eigenvalue weighted by molar-refractivity contribution is 6.00. The van der Waals surface area contributed by atoms with E-state index in [2.05, 4.69) is 50.1 Å². The van der Waals surface area contributed by atoms with Gasteiger partial charge in [-0.3, -0.25) is 9.69 Å². The van der Waals surface area contributed by atoms with E-state index in [1.54, 1.807) is 6.92 Å². The molecule has 164 valence electrons. The van der Waals surface area contributed by atoms with Crippen molar-refractivity contribution < 1.29 is 22.5 Å². The Hall–Kier alpha value is -2.35. The second-order valence-corrected chi connectivity index (χ2v) is 9.31. The number of amides is 1. The lowest BCUT2D eigenvalue weighted by molar-refractivity contribution is -0.137. The summed E-state index contributed by atoms with van der Waals surface area (Å²) in [6, 6.07) is 4.64. The van der Waals surface area contributed by atoms with Crippen LogP contribution in [0.2, 0.25) is 0 Å². The van der Waals surface area contributed by atoms with E-state index in [4.69, 9.17) is 4.52 Å². The Bertz CT molecular complexity index is 929. The number of nitrogens with one attached hydrogen (secondary N) is 1. The number of aryl methyl sites for hydroxylation is 1. The van der Waals surface area contributed by atoms with Gasteiger partial charge >= 0.3 is 6.18 Å².